The molecule has 0 rings (SSSR count). The third-order valence-electron chi connectivity index (χ3n) is 1.95. The fourth-order valence-electron chi connectivity index (χ4n) is 0.898. The summed E-state index contributed by atoms with van der Waals surface area (Å²) in [5, 5.41) is 0. The maximum atomic E-state index is 5.80. The van der Waals surface area contributed by atoms with E-state index < -0.39 is 0 Å². The number of rotatable bonds is 5. The lowest BCUT2D eigenvalue weighted by Crippen LogP contribution is -2.16. The first-order chi connectivity index (χ1) is 5.20. The van der Waals surface area contributed by atoms with E-state index in [0.717, 1.165) is 6.42 Å². The summed E-state index contributed by atoms with van der Waals surface area (Å²) in [6.45, 7) is 6.58. The molecule has 0 aliphatic rings. The van der Waals surface area contributed by atoms with E-state index in [1.165, 1.54) is 12.8 Å². The van der Waals surface area contributed by atoms with E-state index >= 15 is 0 Å². The summed E-state index contributed by atoms with van der Waals surface area (Å²) in [5.74, 6) is 0.679. The Labute approximate surface area is 70.7 Å². The Bertz CT molecular complexity index is 107. The van der Waals surface area contributed by atoms with Gasteiger partial charge in [0, 0.05) is 6.04 Å². The highest BCUT2D eigenvalue weighted by Crippen LogP contribution is 2.03. The van der Waals surface area contributed by atoms with Crippen molar-refractivity contribution in [2.45, 2.75) is 46.1 Å². The molecule has 0 saturated heterocycles. The first-order valence-corrected chi connectivity index (χ1v) is 4.64. The van der Waals surface area contributed by atoms with Crippen LogP contribution >= 0.6 is 0 Å². The van der Waals surface area contributed by atoms with Crippen LogP contribution in [0.5, 0.6) is 0 Å². The number of nitrogens with two attached hydrogens (primary N) is 1. The molecule has 0 fully saturated rings. The third kappa shape index (κ3) is 6.11. The smallest absolute Gasteiger partial charge is 0.0223 e. The lowest BCUT2D eigenvalue weighted by Gasteiger charge is -2.05. The van der Waals surface area contributed by atoms with E-state index in [4.69, 9.17) is 5.73 Å². The molecule has 0 aliphatic carbocycles. The van der Waals surface area contributed by atoms with Crippen LogP contribution in [-0.2, 0) is 0 Å². The molecule has 0 radical (unpaired) electrons. The van der Waals surface area contributed by atoms with Gasteiger partial charge in [0.1, 0.15) is 0 Å². The van der Waals surface area contributed by atoms with Crippen molar-refractivity contribution in [3.63, 3.8) is 0 Å². The van der Waals surface area contributed by atoms with Gasteiger partial charge in [-0.05, 0) is 12.3 Å². The fraction of sp³-hybridized carbons (Fsp3) is 0.800. The monoisotopic (exact) mass is 155 g/mol. The lowest BCUT2D eigenvalue weighted by molar-refractivity contribution is 0.668. The molecule has 0 aromatic heterocycles. The van der Waals surface area contributed by atoms with Crippen LogP contribution in [0.2, 0.25) is 0 Å². The van der Waals surface area contributed by atoms with E-state index in [-0.39, 0.29) is 6.04 Å². The summed E-state index contributed by atoms with van der Waals surface area (Å²) < 4.78 is 0. The van der Waals surface area contributed by atoms with E-state index in [0.29, 0.717) is 5.92 Å². The van der Waals surface area contributed by atoms with Crippen LogP contribution in [-0.4, -0.2) is 6.04 Å². The Morgan fingerprint density at radius 2 is 1.91 bits per heavy atom. The van der Waals surface area contributed by atoms with Crippen LogP contribution in [0.25, 0.3) is 0 Å². The van der Waals surface area contributed by atoms with Crippen molar-refractivity contribution in [3.05, 3.63) is 12.2 Å². The average molecular weight is 155 g/mol. The minimum atomic E-state index is 0.272. The van der Waals surface area contributed by atoms with E-state index in [1.54, 1.807) is 0 Å². The van der Waals surface area contributed by atoms with Crippen LogP contribution in [0.1, 0.15) is 40.0 Å². The average Bonchev–Trinajstić information content (AvgIpc) is 2.01. The standard InChI is InChI=1S/C10H21N/c1-4-6-10(11)8-7-9(3)5-2/h7-10H,4-6,11H2,1-3H3/t9?,10-/m1/s1. The van der Waals surface area contributed by atoms with Gasteiger partial charge in [-0.2, -0.15) is 0 Å². The molecule has 66 valence electrons. The minimum Gasteiger partial charge on any atom is -0.324 e. The predicted octanol–water partition coefficient (Wildman–Crippen LogP) is 2.72. The molecule has 1 heteroatoms. The highest BCUT2D eigenvalue weighted by atomic mass is 14.6. The van der Waals surface area contributed by atoms with Crippen LogP contribution < -0.4 is 5.73 Å². The second kappa shape index (κ2) is 6.41. The van der Waals surface area contributed by atoms with Crippen molar-refractivity contribution in [2.75, 3.05) is 0 Å². The summed E-state index contributed by atoms with van der Waals surface area (Å²) in [6, 6.07) is 0.272. The van der Waals surface area contributed by atoms with Crippen molar-refractivity contribution < 1.29 is 0 Å². The molecule has 0 bridgehead atoms. The maximum Gasteiger partial charge on any atom is 0.0223 e. The van der Waals surface area contributed by atoms with Gasteiger partial charge in [0.2, 0.25) is 0 Å². The van der Waals surface area contributed by atoms with Gasteiger partial charge in [-0.3, -0.25) is 0 Å². The highest BCUT2D eigenvalue weighted by Gasteiger charge is 1.95. The first-order valence-electron chi connectivity index (χ1n) is 4.64. The van der Waals surface area contributed by atoms with Gasteiger partial charge in [-0.25, -0.2) is 0 Å². The molecule has 1 unspecified atom stereocenters. The van der Waals surface area contributed by atoms with Crippen LogP contribution in [0.3, 0.4) is 0 Å². The summed E-state index contributed by atoms with van der Waals surface area (Å²) in [7, 11) is 0. The van der Waals surface area contributed by atoms with Crippen LogP contribution in [0, 0.1) is 5.92 Å². The molecule has 0 amide bonds. The van der Waals surface area contributed by atoms with E-state index in [1.807, 2.05) is 0 Å². The first kappa shape index (κ1) is 10.7. The Morgan fingerprint density at radius 3 is 2.36 bits per heavy atom. The molecule has 0 heterocycles. The normalized spacial score (nSPS) is 17.1. The number of allylic oxidation sites excluding steroid dienone is 1. The van der Waals surface area contributed by atoms with Crippen molar-refractivity contribution in [2.24, 2.45) is 11.7 Å². The van der Waals surface area contributed by atoms with E-state index in [2.05, 4.69) is 32.9 Å². The zero-order valence-electron chi connectivity index (χ0n) is 8.01. The zero-order chi connectivity index (χ0) is 8.69. The second-order valence-electron chi connectivity index (χ2n) is 3.22. The molecular formula is C10H21N. The molecule has 2 atom stereocenters. The van der Waals surface area contributed by atoms with Gasteiger partial charge in [0.25, 0.3) is 0 Å². The lowest BCUT2D eigenvalue weighted by atomic mass is 10.1. The Kier molecular flexibility index (Phi) is 6.24. The zero-order valence-corrected chi connectivity index (χ0v) is 8.01. The number of hydrogen-bond donors (Lipinski definition) is 1. The molecule has 0 spiro atoms. The van der Waals surface area contributed by atoms with Crippen molar-refractivity contribution in [1.82, 2.24) is 0 Å². The van der Waals surface area contributed by atoms with Crippen LogP contribution in [0.15, 0.2) is 12.2 Å². The largest absolute Gasteiger partial charge is 0.324 e. The van der Waals surface area contributed by atoms with Crippen molar-refractivity contribution >= 4 is 0 Å². The van der Waals surface area contributed by atoms with Gasteiger partial charge < -0.3 is 5.73 Å². The molecule has 0 saturated carbocycles. The number of hydrogen-bond acceptors (Lipinski definition) is 1. The summed E-state index contributed by atoms with van der Waals surface area (Å²) >= 11 is 0. The van der Waals surface area contributed by atoms with Gasteiger partial charge in [0.05, 0.1) is 0 Å². The molecule has 0 aromatic carbocycles. The molecule has 0 aromatic rings. The van der Waals surface area contributed by atoms with Crippen molar-refractivity contribution in [3.8, 4) is 0 Å². The molecular weight excluding hydrogens is 134 g/mol. The van der Waals surface area contributed by atoms with Gasteiger partial charge in [-0.15, -0.1) is 0 Å². The van der Waals surface area contributed by atoms with Crippen molar-refractivity contribution in [1.29, 1.82) is 0 Å². The minimum absolute atomic E-state index is 0.272. The Balaban J connectivity index is 3.54. The maximum absolute atomic E-state index is 5.80. The second-order valence-corrected chi connectivity index (χ2v) is 3.22. The van der Waals surface area contributed by atoms with E-state index in [9.17, 15) is 0 Å². The van der Waals surface area contributed by atoms with Crippen LogP contribution in [0.4, 0.5) is 0 Å². The highest BCUT2D eigenvalue weighted by molar-refractivity contribution is 4.93. The summed E-state index contributed by atoms with van der Waals surface area (Å²) in [4.78, 5) is 0. The fourth-order valence-corrected chi connectivity index (χ4v) is 0.898. The van der Waals surface area contributed by atoms with Gasteiger partial charge >= 0.3 is 0 Å². The summed E-state index contributed by atoms with van der Waals surface area (Å²) in [5.41, 5.74) is 5.80. The van der Waals surface area contributed by atoms with Gasteiger partial charge in [0.15, 0.2) is 0 Å². The molecule has 0 aliphatic heterocycles. The van der Waals surface area contributed by atoms with Gasteiger partial charge in [-0.1, -0.05) is 45.8 Å². The molecule has 1 nitrogen and oxygen atoms in total. The predicted molar refractivity (Wildman–Crippen MR) is 51.5 cm³/mol. The molecule has 11 heavy (non-hydrogen) atoms. The Morgan fingerprint density at radius 1 is 1.27 bits per heavy atom. The topological polar surface area (TPSA) is 26.0 Å². The SMILES string of the molecule is CCC[C@@H](N)C=CC(C)CC. The summed E-state index contributed by atoms with van der Waals surface area (Å²) in [6.07, 6.45) is 7.84. The quantitative estimate of drug-likeness (QED) is 0.607. The Hall–Kier alpha value is -0.300. The molecule has 2 N–H and O–H groups in total. The third-order valence-corrected chi connectivity index (χ3v) is 1.95.